The van der Waals surface area contributed by atoms with Gasteiger partial charge in [0, 0.05) is 23.3 Å². The highest BCUT2D eigenvalue weighted by molar-refractivity contribution is 6.30. The lowest BCUT2D eigenvalue weighted by Crippen LogP contribution is -2.28. The molecule has 1 amide bonds. The van der Waals surface area contributed by atoms with Crippen LogP contribution in [0, 0.1) is 19.7 Å². The molecule has 0 aliphatic rings. The molecule has 0 spiro atoms. The molecule has 0 atom stereocenters. The first-order valence-corrected chi connectivity index (χ1v) is 12.1. The molecule has 194 valence electrons. The van der Waals surface area contributed by atoms with Crippen molar-refractivity contribution in [3.63, 3.8) is 0 Å². The number of nitrogens with one attached hydrogen (secondary N) is 2. The van der Waals surface area contributed by atoms with Gasteiger partial charge in [0.1, 0.15) is 19.5 Å². The third-order valence-electron chi connectivity index (χ3n) is 6.17. The maximum Gasteiger partial charge on any atom is 0.329 e. The Balaban J connectivity index is 1.51. The zero-order valence-corrected chi connectivity index (χ0v) is 21.6. The van der Waals surface area contributed by atoms with Gasteiger partial charge in [-0.2, -0.15) is 5.10 Å². The zero-order valence-electron chi connectivity index (χ0n) is 20.9. The molecule has 0 saturated heterocycles. The van der Waals surface area contributed by atoms with Gasteiger partial charge in [0.25, 0.3) is 0 Å². The van der Waals surface area contributed by atoms with E-state index in [0.717, 1.165) is 5.56 Å². The van der Waals surface area contributed by atoms with Crippen LogP contribution < -0.4 is 15.7 Å². The number of carbonyl (C=O) groups is 1. The second-order valence-corrected chi connectivity index (χ2v) is 9.42. The Labute approximate surface area is 221 Å². The Hall–Kier alpha value is -4.44. The predicted molar refractivity (Wildman–Crippen MR) is 143 cm³/mol. The minimum atomic E-state index is -0.541. The smallest absolute Gasteiger partial charge is 0.329 e. The number of hydrogen-bond acceptors (Lipinski definition) is 5. The van der Waals surface area contributed by atoms with Crippen molar-refractivity contribution < 1.29 is 13.9 Å². The van der Waals surface area contributed by atoms with Crippen LogP contribution in [0.15, 0.2) is 59.7 Å². The van der Waals surface area contributed by atoms with Gasteiger partial charge in [-0.05, 0) is 79.1 Å². The highest BCUT2D eigenvalue weighted by Gasteiger charge is 2.20. The third-order valence-corrected chi connectivity index (χ3v) is 6.42. The largest absolute Gasteiger partial charge is 0.482 e. The van der Waals surface area contributed by atoms with Crippen LogP contribution in [0.2, 0.25) is 5.02 Å². The summed E-state index contributed by atoms with van der Waals surface area (Å²) in [6.45, 7) is 3.49. The Morgan fingerprint density at radius 2 is 1.92 bits per heavy atom. The van der Waals surface area contributed by atoms with Crippen molar-refractivity contribution in [3.8, 4) is 16.9 Å². The molecule has 0 unspecified atom stereocenters. The molecule has 0 saturated carbocycles. The molecule has 5 rings (SSSR count). The first-order valence-electron chi connectivity index (χ1n) is 11.7. The number of H-pyrrole nitrogens is 1. The molecule has 0 aliphatic carbocycles. The van der Waals surface area contributed by atoms with Gasteiger partial charge in [0.2, 0.25) is 5.91 Å². The average Bonchev–Trinajstić information content (AvgIpc) is 3.47. The van der Waals surface area contributed by atoms with E-state index in [1.165, 1.54) is 21.5 Å². The Bertz CT molecular complexity index is 1680. The fourth-order valence-corrected chi connectivity index (χ4v) is 4.58. The number of halogens is 2. The number of aromatic amines is 1. The van der Waals surface area contributed by atoms with Gasteiger partial charge < -0.3 is 10.1 Å². The quantitative estimate of drug-likeness (QED) is 0.313. The number of rotatable bonds is 7. The number of anilines is 1. The molecule has 9 nitrogen and oxygen atoms in total. The SMILES string of the molecule is Cc1cc(-c2cc(C)c(OCc3ncn[nH]3)c(F)c2)c2c(c1)n(CC(=O)Nc1ccc(Cl)cc1)c(=O)n2C. The van der Waals surface area contributed by atoms with Crippen molar-refractivity contribution in [2.24, 2.45) is 7.05 Å². The lowest BCUT2D eigenvalue weighted by Gasteiger charge is -2.13. The number of amides is 1. The molecule has 2 aromatic heterocycles. The number of aromatic nitrogens is 5. The number of ether oxygens (including phenoxy) is 1. The number of fused-ring (bicyclic) bond motifs is 1. The minimum absolute atomic E-state index is 0.0429. The van der Waals surface area contributed by atoms with Crippen molar-refractivity contribution in [1.29, 1.82) is 0 Å². The van der Waals surface area contributed by atoms with E-state index in [9.17, 15) is 9.59 Å². The monoisotopic (exact) mass is 534 g/mol. The lowest BCUT2D eigenvalue weighted by molar-refractivity contribution is -0.116. The number of benzene rings is 3. The van der Waals surface area contributed by atoms with Crippen LogP contribution in [-0.4, -0.2) is 30.2 Å². The second-order valence-electron chi connectivity index (χ2n) is 8.99. The molecule has 38 heavy (non-hydrogen) atoms. The normalized spacial score (nSPS) is 11.2. The molecule has 11 heteroatoms. The molecule has 0 aliphatic heterocycles. The zero-order chi connectivity index (χ0) is 27.0. The van der Waals surface area contributed by atoms with E-state index in [-0.39, 0.29) is 30.5 Å². The Morgan fingerprint density at radius 3 is 2.61 bits per heavy atom. The van der Waals surface area contributed by atoms with Gasteiger partial charge >= 0.3 is 5.69 Å². The van der Waals surface area contributed by atoms with Gasteiger partial charge in [-0.3, -0.25) is 19.0 Å². The van der Waals surface area contributed by atoms with Crippen LogP contribution in [-0.2, 0) is 25.0 Å². The van der Waals surface area contributed by atoms with Gasteiger partial charge in [-0.1, -0.05) is 11.6 Å². The van der Waals surface area contributed by atoms with Crippen molar-refractivity contribution >= 4 is 34.2 Å². The second kappa shape index (κ2) is 10.1. The molecule has 0 fully saturated rings. The van der Waals surface area contributed by atoms with Gasteiger partial charge in [0.05, 0.1) is 11.0 Å². The molecule has 2 N–H and O–H groups in total. The third kappa shape index (κ3) is 4.90. The van der Waals surface area contributed by atoms with Crippen LogP contribution in [0.25, 0.3) is 22.2 Å². The average molecular weight is 535 g/mol. The van der Waals surface area contributed by atoms with E-state index in [1.807, 2.05) is 25.1 Å². The van der Waals surface area contributed by atoms with E-state index in [1.54, 1.807) is 38.2 Å². The van der Waals surface area contributed by atoms with Crippen LogP contribution in [0.4, 0.5) is 10.1 Å². The van der Waals surface area contributed by atoms with Crippen LogP contribution in [0.1, 0.15) is 17.0 Å². The molecule has 2 heterocycles. The van der Waals surface area contributed by atoms with E-state index in [4.69, 9.17) is 16.3 Å². The van der Waals surface area contributed by atoms with Crippen LogP contribution >= 0.6 is 11.6 Å². The topological polar surface area (TPSA) is 107 Å². The first kappa shape index (κ1) is 25.2. The van der Waals surface area contributed by atoms with E-state index in [2.05, 4.69) is 20.5 Å². The highest BCUT2D eigenvalue weighted by atomic mass is 35.5. The maximum absolute atomic E-state index is 15.2. The summed E-state index contributed by atoms with van der Waals surface area (Å²) >= 11 is 5.91. The summed E-state index contributed by atoms with van der Waals surface area (Å²) in [5, 5.41) is 9.77. The van der Waals surface area contributed by atoms with E-state index < -0.39 is 5.82 Å². The van der Waals surface area contributed by atoms with Crippen molar-refractivity contribution in [3.05, 3.63) is 93.1 Å². The summed E-state index contributed by atoms with van der Waals surface area (Å²) in [7, 11) is 1.63. The van der Waals surface area contributed by atoms with Crippen molar-refractivity contribution in [2.75, 3.05) is 5.32 Å². The summed E-state index contributed by atoms with van der Waals surface area (Å²) in [4.78, 5) is 30.0. The van der Waals surface area contributed by atoms with Gasteiger partial charge in [-0.15, -0.1) is 0 Å². The predicted octanol–water partition coefficient (Wildman–Crippen LogP) is 4.75. The number of carbonyl (C=O) groups excluding carboxylic acids is 1. The fourth-order valence-electron chi connectivity index (χ4n) is 4.46. The summed E-state index contributed by atoms with van der Waals surface area (Å²) in [5.74, 6) is -0.315. The van der Waals surface area contributed by atoms with Crippen molar-refractivity contribution in [1.82, 2.24) is 24.3 Å². The van der Waals surface area contributed by atoms with Crippen LogP contribution in [0.5, 0.6) is 5.75 Å². The molecular formula is C27H24ClFN6O3. The molecule has 0 radical (unpaired) electrons. The van der Waals surface area contributed by atoms with Crippen molar-refractivity contribution in [2.45, 2.75) is 27.0 Å². The van der Waals surface area contributed by atoms with Crippen LogP contribution in [0.3, 0.4) is 0 Å². The van der Waals surface area contributed by atoms with Gasteiger partial charge in [0.15, 0.2) is 17.4 Å². The Morgan fingerprint density at radius 1 is 1.16 bits per heavy atom. The molecule has 0 bridgehead atoms. The summed E-state index contributed by atoms with van der Waals surface area (Å²) in [5.41, 5.74) is 4.06. The van der Waals surface area contributed by atoms with E-state index >= 15 is 4.39 Å². The summed E-state index contributed by atoms with van der Waals surface area (Å²) in [6, 6.07) is 13.6. The fraction of sp³-hybridized carbons (Fsp3) is 0.185. The standard InChI is InChI=1S/C27H24ClFN6O3/c1-15-8-20(17-10-16(2)26(21(29)11-17)38-13-23-30-14-31-33-23)25-22(9-15)35(27(37)34(25)3)12-24(36)32-19-6-4-18(28)5-7-19/h4-11,14H,12-13H2,1-3H3,(H,32,36)(H,30,31,33). The molecule has 3 aromatic carbocycles. The number of imidazole rings is 1. The maximum atomic E-state index is 15.2. The minimum Gasteiger partial charge on any atom is -0.482 e. The molecular weight excluding hydrogens is 511 g/mol. The summed E-state index contributed by atoms with van der Waals surface area (Å²) in [6.07, 6.45) is 1.35. The highest BCUT2D eigenvalue weighted by Crippen LogP contribution is 2.34. The number of hydrogen-bond donors (Lipinski definition) is 2. The van der Waals surface area contributed by atoms with E-state index in [0.29, 0.717) is 44.3 Å². The Kier molecular flexibility index (Phi) is 6.73. The van der Waals surface area contributed by atoms with Gasteiger partial charge in [-0.25, -0.2) is 14.2 Å². The number of nitrogens with zero attached hydrogens (tertiary/aromatic N) is 4. The summed E-state index contributed by atoms with van der Waals surface area (Å²) < 4.78 is 23.7. The first-order chi connectivity index (χ1) is 18.2. The lowest BCUT2D eigenvalue weighted by atomic mass is 9.99. The molecule has 5 aromatic rings. The number of aryl methyl sites for hydroxylation is 3.